The van der Waals surface area contributed by atoms with Gasteiger partial charge in [0.25, 0.3) is 5.91 Å². The molecule has 2 aromatic rings. The van der Waals surface area contributed by atoms with Gasteiger partial charge in [-0.05, 0) is 61.7 Å². The van der Waals surface area contributed by atoms with Crippen LogP contribution in [-0.2, 0) is 10.0 Å². The Labute approximate surface area is 167 Å². The Morgan fingerprint density at radius 2 is 1.79 bits per heavy atom. The van der Waals surface area contributed by atoms with E-state index >= 15 is 0 Å². The van der Waals surface area contributed by atoms with Crippen molar-refractivity contribution in [3.63, 3.8) is 0 Å². The molecule has 0 saturated heterocycles. The van der Waals surface area contributed by atoms with Crippen LogP contribution in [0.3, 0.4) is 0 Å². The number of carbonyl (C=O) groups is 1. The highest BCUT2D eigenvalue weighted by Crippen LogP contribution is 2.23. The number of hydrogen-bond donors (Lipinski definition) is 2. The number of carbonyl (C=O) groups excluding carboxylic acids is 1. The minimum atomic E-state index is -3.63. The first kappa shape index (κ1) is 20.4. The number of amides is 1. The molecule has 0 bridgehead atoms. The topological polar surface area (TPSA) is 78.5 Å². The van der Waals surface area contributed by atoms with Gasteiger partial charge in [0.15, 0.2) is 0 Å². The molecule has 7 heteroatoms. The van der Waals surface area contributed by atoms with Crippen LogP contribution in [0.5, 0.6) is 0 Å². The molecule has 0 atom stereocenters. The zero-order chi connectivity index (χ0) is 20.3. The van der Waals surface area contributed by atoms with Crippen LogP contribution >= 0.6 is 0 Å². The normalized spacial score (nSPS) is 14.8. The van der Waals surface area contributed by atoms with Crippen LogP contribution in [0, 0.1) is 6.92 Å². The number of benzene rings is 2. The van der Waals surface area contributed by atoms with Crippen molar-refractivity contribution >= 4 is 27.3 Å². The number of sulfonamides is 1. The second-order valence-electron chi connectivity index (χ2n) is 7.48. The van der Waals surface area contributed by atoms with E-state index in [1.54, 1.807) is 12.1 Å². The van der Waals surface area contributed by atoms with Crippen LogP contribution in [-0.4, -0.2) is 34.5 Å². The first-order chi connectivity index (χ1) is 13.3. The number of nitrogens with zero attached hydrogens (tertiary/aromatic N) is 1. The average Bonchev–Trinajstić information content (AvgIpc) is 3.14. The summed E-state index contributed by atoms with van der Waals surface area (Å²) in [4.78, 5) is 14.8. The fourth-order valence-corrected chi connectivity index (χ4v) is 4.92. The van der Waals surface area contributed by atoms with Gasteiger partial charge in [-0.25, -0.2) is 13.1 Å². The summed E-state index contributed by atoms with van der Waals surface area (Å²) in [5, 5.41) is 2.84. The molecule has 3 rings (SSSR count). The molecule has 150 valence electrons. The zero-order valence-corrected chi connectivity index (χ0v) is 17.3. The molecular weight excluding hydrogens is 374 g/mol. The molecule has 2 aromatic carbocycles. The summed E-state index contributed by atoms with van der Waals surface area (Å²) in [7, 11) is 0.299. The third-order valence-electron chi connectivity index (χ3n) is 5.02. The van der Waals surface area contributed by atoms with Gasteiger partial charge < -0.3 is 10.2 Å². The second kappa shape index (κ2) is 8.32. The maximum Gasteiger partial charge on any atom is 0.255 e. The van der Waals surface area contributed by atoms with Crippen molar-refractivity contribution in [1.82, 2.24) is 4.72 Å². The lowest BCUT2D eigenvalue weighted by molar-refractivity contribution is 0.102. The first-order valence-corrected chi connectivity index (χ1v) is 11.0. The Kier molecular flexibility index (Phi) is 6.05. The smallest absolute Gasteiger partial charge is 0.255 e. The Hall–Kier alpha value is -2.38. The molecule has 1 saturated carbocycles. The van der Waals surface area contributed by atoms with Gasteiger partial charge in [0.05, 0.1) is 4.90 Å². The molecule has 1 aliphatic carbocycles. The summed E-state index contributed by atoms with van der Waals surface area (Å²) in [6.07, 6.45) is 3.81. The highest BCUT2D eigenvalue weighted by atomic mass is 32.2. The van der Waals surface area contributed by atoms with Crippen molar-refractivity contribution in [1.29, 1.82) is 0 Å². The van der Waals surface area contributed by atoms with Gasteiger partial charge in [0, 0.05) is 37.1 Å². The summed E-state index contributed by atoms with van der Waals surface area (Å²) in [5.74, 6) is -0.338. The van der Waals surface area contributed by atoms with Gasteiger partial charge >= 0.3 is 0 Å². The molecule has 28 heavy (non-hydrogen) atoms. The van der Waals surface area contributed by atoms with E-state index in [0.29, 0.717) is 11.3 Å². The number of anilines is 2. The molecule has 6 nitrogen and oxygen atoms in total. The molecule has 2 N–H and O–H groups in total. The van der Waals surface area contributed by atoms with E-state index in [-0.39, 0.29) is 16.8 Å². The zero-order valence-electron chi connectivity index (χ0n) is 16.5. The van der Waals surface area contributed by atoms with Crippen molar-refractivity contribution in [3.8, 4) is 0 Å². The van der Waals surface area contributed by atoms with Crippen molar-refractivity contribution < 1.29 is 13.2 Å². The molecule has 0 heterocycles. The molecule has 1 aliphatic rings. The molecule has 0 unspecified atom stereocenters. The summed E-state index contributed by atoms with van der Waals surface area (Å²) < 4.78 is 28.0. The van der Waals surface area contributed by atoms with Crippen LogP contribution in [0.4, 0.5) is 11.4 Å². The molecule has 1 amide bonds. The van der Waals surface area contributed by atoms with Crippen LogP contribution < -0.4 is 14.9 Å². The lowest BCUT2D eigenvalue weighted by Crippen LogP contribution is -2.32. The summed E-state index contributed by atoms with van der Waals surface area (Å²) >= 11 is 0. The molecular formula is C21H27N3O3S. The lowest BCUT2D eigenvalue weighted by Gasteiger charge is -2.17. The number of aryl methyl sites for hydroxylation is 1. The fraction of sp³-hybridized carbons (Fsp3) is 0.381. The van der Waals surface area contributed by atoms with Gasteiger partial charge in [0.2, 0.25) is 10.0 Å². The predicted molar refractivity (Wildman–Crippen MR) is 112 cm³/mol. The van der Waals surface area contributed by atoms with E-state index < -0.39 is 10.0 Å². The maximum atomic E-state index is 12.6. The standard InChI is InChI=1S/C21H27N3O3S/c1-15-13-18(11-12-20(15)24(2)3)22-21(25)16-7-6-10-19(14-16)28(26,27)23-17-8-4-5-9-17/h6-7,10-14,17,23H,4-5,8-9H2,1-3H3,(H,22,25). The van der Waals surface area contributed by atoms with Gasteiger partial charge in [-0.15, -0.1) is 0 Å². The van der Waals surface area contributed by atoms with Crippen molar-refractivity contribution in [2.24, 2.45) is 0 Å². The Morgan fingerprint density at radius 3 is 2.43 bits per heavy atom. The highest BCUT2D eigenvalue weighted by molar-refractivity contribution is 7.89. The predicted octanol–water partition coefficient (Wildman–Crippen LogP) is 3.53. The number of rotatable bonds is 6. The Balaban J connectivity index is 1.76. The van der Waals surface area contributed by atoms with E-state index in [1.165, 1.54) is 12.1 Å². The molecule has 0 aromatic heterocycles. The lowest BCUT2D eigenvalue weighted by atomic mass is 10.1. The molecule has 0 radical (unpaired) electrons. The van der Waals surface area contributed by atoms with Gasteiger partial charge in [-0.2, -0.15) is 0 Å². The quantitative estimate of drug-likeness (QED) is 0.776. The van der Waals surface area contributed by atoms with E-state index in [4.69, 9.17) is 0 Å². The third kappa shape index (κ3) is 4.72. The first-order valence-electron chi connectivity index (χ1n) is 9.48. The third-order valence-corrected chi connectivity index (χ3v) is 6.54. The van der Waals surface area contributed by atoms with Gasteiger partial charge in [-0.1, -0.05) is 18.9 Å². The minimum absolute atomic E-state index is 0.0133. The minimum Gasteiger partial charge on any atom is -0.377 e. The van der Waals surface area contributed by atoms with E-state index in [9.17, 15) is 13.2 Å². The Morgan fingerprint density at radius 1 is 1.07 bits per heavy atom. The maximum absolute atomic E-state index is 12.6. The van der Waals surface area contributed by atoms with Crippen molar-refractivity contribution in [2.75, 3.05) is 24.3 Å². The summed E-state index contributed by atoms with van der Waals surface area (Å²) in [6, 6.07) is 11.8. The highest BCUT2D eigenvalue weighted by Gasteiger charge is 2.23. The molecule has 0 spiro atoms. The largest absolute Gasteiger partial charge is 0.377 e. The van der Waals surface area contributed by atoms with Crippen molar-refractivity contribution in [2.45, 2.75) is 43.5 Å². The molecule has 1 fully saturated rings. The van der Waals surface area contributed by atoms with E-state index in [0.717, 1.165) is 36.9 Å². The van der Waals surface area contributed by atoms with Crippen LogP contribution in [0.25, 0.3) is 0 Å². The average molecular weight is 402 g/mol. The second-order valence-corrected chi connectivity index (χ2v) is 9.19. The Bertz CT molecular complexity index is 965. The van der Waals surface area contributed by atoms with Gasteiger partial charge in [-0.3, -0.25) is 4.79 Å². The van der Waals surface area contributed by atoms with E-state index in [1.807, 2.05) is 44.1 Å². The SMILES string of the molecule is Cc1cc(NC(=O)c2cccc(S(=O)(=O)NC3CCCC3)c2)ccc1N(C)C. The van der Waals surface area contributed by atoms with Gasteiger partial charge in [0.1, 0.15) is 0 Å². The van der Waals surface area contributed by atoms with Crippen LogP contribution in [0.2, 0.25) is 0 Å². The number of nitrogens with one attached hydrogen (secondary N) is 2. The van der Waals surface area contributed by atoms with Crippen LogP contribution in [0.1, 0.15) is 41.6 Å². The number of hydrogen-bond acceptors (Lipinski definition) is 4. The van der Waals surface area contributed by atoms with E-state index in [2.05, 4.69) is 10.0 Å². The summed E-state index contributed by atoms with van der Waals surface area (Å²) in [5.41, 5.74) is 3.10. The fourth-order valence-electron chi connectivity index (χ4n) is 3.57. The monoisotopic (exact) mass is 401 g/mol. The van der Waals surface area contributed by atoms with Crippen LogP contribution in [0.15, 0.2) is 47.4 Å². The molecule has 0 aliphatic heterocycles. The summed E-state index contributed by atoms with van der Waals surface area (Å²) in [6.45, 7) is 1.98. The van der Waals surface area contributed by atoms with Crippen molar-refractivity contribution in [3.05, 3.63) is 53.6 Å².